The first kappa shape index (κ1) is 23.8. The number of carbonyl (C=O) groups excluding carboxylic acids is 2. The van der Waals surface area contributed by atoms with E-state index in [1.807, 2.05) is 0 Å². The summed E-state index contributed by atoms with van der Waals surface area (Å²) in [5, 5.41) is 3.23. The number of esters is 1. The molecule has 0 aromatic carbocycles. The Morgan fingerprint density at radius 2 is 1.94 bits per heavy atom. The fourth-order valence-corrected chi connectivity index (χ4v) is 7.70. The Morgan fingerprint density at radius 1 is 1.18 bits per heavy atom. The number of unbranched alkanes of at least 4 members (excludes halogenated alkanes) is 1. The molecule has 7 nitrogen and oxygen atoms in total. The molecular weight excluding hydrogens is 460 g/mol. The van der Waals surface area contributed by atoms with Crippen molar-refractivity contribution < 1.29 is 22.7 Å². The number of fused-ring (bicyclic) bond motifs is 2. The van der Waals surface area contributed by atoms with Gasteiger partial charge in [0.15, 0.2) is 0 Å². The van der Waals surface area contributed by atoms with Gasteiger partial charge in [-0.1, -0.05) is 12.2 Å². The summed E-state index contributed by atoms with van der Waals surface area (Å²) in [5.41, 5.74) is 0. The summed E-state index contributed by atoms with van der Waals surface area (Å²) in [4.78, 5) is 24.6. The predicted octanol–water partition coefficient (Wildman–Crippen LogP) is 4.22. The molecule has 2 aliphatic rings. The van der Waals surface area contributed by atoms with E-state index in [1.54, 1.807) is 18.2 Å². The molecule has 0 aliphatic heterocycles. The molecule has 0 spiro atoms. The molecule has 2 aromatic rings. The van der Waals surface area contributed by atoms with Gasteiger partial charge in [-0.3, -0.25) is 9.59 Å². The Balaban J connectivity index is 1.36. The van der Waals surface area contributed by atoms with Crippen LogP contribution in [-0.2, 0) is 19.6 Å². The van der Waals surface area contributed by atoms with Gasteiger partial charge in [0.1, 0.15) is 4.21 Å². The molecule has 2 bridgehead atoms. The van der Waals surface area contributed by atoms with E-state index >= 15 is 0 Å². The summed E-state index contributed by atoms with van der Waals surface area (Å²) in [6, 6.07) is 6.52. The van der Waals surface area contributed by atoms with E-state index in [0.29, 0.717) is 29.1 Å². The number of nitrogens with one attached hydrogen (secondary N) is 1. The van der Waals surface area contributed by atoms with Crippen LogP contribution in [-0.4, -0.2) is 37.4 Å². The van der Waals surface area contributed by atoms with Crippen LogP contribution in [0.15, 0.2) is 53.0 Å². The minimum atomic E-state index is -3.66. The lowest BCUT2D eigenvalue weighted by Gasteiger charge is -2.31. The maximum Gasteiger partial charge on any atom is 0.305 e. The molecule has 2 saturated carbocycles. The van der Waals surface area contributed by atoms with Crippen molar-refractivity contribution in [2.75, 3.05) is 7.11 Å². The van der Waals surface area contributed by atoms with E-state index in [9.17, 15) is 18.0 Å². The van der Waals surface area contributed by atoms with Crippen LogP contribution < -0.4 is 5.32 Å². The lowest BCUT2D eigenvalue weighted by molar-refractivity contribution is -0.140. The van der Waals surface area contributed by atoms with Crippen LogP contribution in [0.2, 0.25) is 0 Å². The molecule has 0 radical (unpaired) electrons. The van der Waals surface area contributed by atoms with Crippen molar-refractivity contribution in [3.8, 4) is 0 Å². The van der Waals surface area contributed by atoms with Gasteiger partial charge in [0, 0.05) is 24.9 Å². The second-order valence-electron chi connectivity index (χ2n) is 8.81. The van der Waals surface area contributed by atoms with Gasteiger partial charge in [-0.05, 0) is 80.5 Å². The van der Waals surface area contributed by atoms with Crippen molar-refractivity contribution in [2.24, 2.45) is 17.8 Å². The molecule has 2 fully saturated rings. The highest BCUT2D eigenvalue weighted by molar-refractivity contribution is 7.92. The van der Waals surface area contributed by atoms with Crippen LogP contribution in [0.25, 0.3) is 0 Å². The smallest absolute Gasteiger partial charge is 0.305 e. The fourth-order valence-electron chi connectivity index (χ4n) is 5.20. The number of carbonyl (C=O) groups is 2. The van der Waals surface area contributed by atoms with Crippen LogP contribution in [0.4, 0.5) is 0 Å². The van der Waals surface area contributed by atoms with Gasteiger partial charge in [-0.25, -0.2) is 3.97 Å². The van der Waals surface area contributed by atoms with Crippen molar-refractivity contribution in [3.05, 3.63) is 53.7 Å². The van der Waals surface area contributed by atoms with Gasteiger partial charge in [-0.15, -0.1) is 11.3 Å². The molecule has 4 atom stereocenters. The van der Waals surface area contributed by atoms with Crippen molar-refractivity contribution in [2.45, 2.75) is 55.2 Å². The third kappa shape index (κ3) is 5.24. The number of rotatable bonds is 10. The van der Waals surface area contributed by atoms with Crippen LogP contribution in [0, 0.1) is 17.8 Å². The predicted molar refractivity (Wildman–Crippen MR) is 127 cm³/mol. The summed E-state index contributed by atoms with van der Waals surface area (Å²) in [5.74, 6) is 1.12. The lowest BCUT2D eigenvalue weighted by atomic mass is 9.82. The number of aromatic nitrogens is 1. The van der Waals surface area contributed by atoms with Gasteiger partial charge >= 0.3 is 5.97 Å². The Hall–Kier alpha value is -2.39. The van der Waals surface area contributed by atoms with E-state index in [4.69, 9.17) is 0 Å². The minimum Gasteiger partial charge on any atom is -0.469 e. The van der Waals surface area contributed by atoms with Crippen molar-refractivity contribution in [1.29, 1.82) is 0 Å². The van der Waals surface area contributed by atoms with Gasteiger partial charge in [0.05, 0.1) is 12.0 Å². The van der Waals surface area contributed by atoms with Crippen molar-refractivity contribution in [3.63, 3.8) is 0 Å². The molecular formula is C24H30N2O5S2. The molecule has 1 amide bonds. The molecule has 9 heteroatoms. The number of methoxy groups -OCH3 is 1. The Labute approximate surface area is 198 Å². The first-order valence-corrected chi connectivity index (χ1v) is 13.7. The molecule has 178 valence electrons. The highest BCUT2D eigenvalue weighted by atomic mass is 32.2. The van der Waals surface area contributed by atoms with E-state index in [-0.39, 0.29) is 22.1 Å². The van der Waals surface area contributed by atoms with Crippen molar-refractivity contribution in [1.82, 2.24) is 9.29 Å². The standard InChI is InChI=1S/C24H30N2O5S2/c1-31-21(27)9-5-3-2-4-8-19-17-10-11-18(16-17)23(19)25-24(28)20-12-13-22(32-20)33(29,30)26-14-6-7-15-26/h2,4,6-7,12-15,17-19,23H,3,5,8-11,16H2,1H3,(H,25,28)/b4-2+. The van der Waals surface area contributed by atoms with E-state index < -0.39 is 10.0 Å². The highest BCUT2D eigenvalue weighted by Crippen LogP contribution is 2.50. The van der Waals surface area contributed by atoms with Crippen LogP contribution >= 0.6 is 11.3 Å². The largest absolute Gasteiger partial charge is 0.469 e. The molecule has 2 aromatic heterocycles. The van der Waals surface area contributed by atoms with Gasteiger partial charge < -0.3 is 10.1 Å². The number of nitrogens with zero attached hydrogens (tertiary/aromatic N) is 1. The van der Waals surface area contributed by atoms with Gasteiger partial charge in [-0.2, -0.15) is 8.42 Å². The fraction of sp³-hybridized carbons (Fsp3) is 0.500. The zero-order valence-electron chi connectivity index (χ0n) is 18.7. The Kier molecular flexibility index (Phi) is 7.38. The zero-order valence-corrected chi connectivity index (χ0v) is 20.3. The molecule has 1 N–H and O–H groups in total. The zero-order chi connectivity index (χ0) is 23.4. The SMILES string of the molecule is COC(=O)CCC/C=C/CC1C2CCC(C2)C1NC(=O)c1ccc(S(=O)(=O)n2cccc2)s1. The normalized spacial score (nSPS) is 24.4. The molecule has 4 unspecified atom stereocenters. The second kappa shape index (κ2) is 10.3. The second-order valence-corrected chi connectivity index (χ2v) is 12.0. The lowest BCUT2D eigenvalue weighted by Crippen LogP contribution is -2.43. The summed E-state index contributed by atoms with van der Waals surface area (Å²) in [7, 11) is -2.26. The van der Waals surface area contributed by atoms with Crippen LogP contribution in [0.3, 0.4) is 0 Å². The first-order chi connectivity index (χ1) is 15.9. The molecule has 2 aliphatic carbocycles. The topological polar surface area (TPSA) is 94.5 Å². The number of amides is 1. The monoisotopic (exact) mass is 490 g/mol. The first-order valence-electron chi connectivity index (χ1n) is 11.4. The Bertz CT molecular complexity index is 1100. The summed E-state index contributed by atoms with van der Waals surface area (Å²) < 4.78 is 31.3. The summed E-state index contributed by atoms with van der Waals surface area (Å²) in [6.45, 7) is 0. The number of hydrogen-bond donors (Lipinski definition) is 1. The number of allylic oxidation sites excluding steroid dienone is 2. The summed E-state index contributed by atoms with van der Waals surface area (Å²) >= 11 is 1.01. The Morgan fingerprint density at radius 3 is 2.70 bits per heavy atom. The van der Waals surface area contributed by atoms with Gasteiger partial charge in [0.2, 0.25) is 0 Å². The third-order valence-electron chi connectivity index (χ3n) is 6.85. The average Bonchev–Trinajstić information content (AvgIpc) is 3.60. The minimum absolute atomic E-state index is 0.113. The number of ether oxygens (including phenoxy) is 1. The highest BCUT2D eigenvalue weighted by Gasteiger charge is 2.47. The number of thiophene rings is 1. The molecule has 0 saturated heterocycles. The van der Waals surface area contributed by atoms with E-state index in [0.717, 1.165) is 47.4 Å². The molecule has 4 rings (SSSR count). The maximum absolute atomic E-state index is 13.0. The van der Waals surface area contributed by atoms with Crippen LogP contribution in [0.1, 0.15) is 54.6 Å². The summed E-state index contributed by atoms with van der Waals surface area (Å²) in [6.07, 6.45) is 13.7. The van der Waals surface area contributed by atoms with Gasteiger partial charge in [0.25, 0.3) is 15.9 Å². The average molecular weight is 491 g/mol. The van der Waals surface area contributed by atoms with E-state index in [2.05, 4.69) is 22.2 Å². The van der Waals surface area contributed by atoms with Crippen molar-refractivity contribution >= 4 is 33.2 Å². The molecule has 2 heterocycles. The number of hydrogen-bond acceptors (Lipinski definition) is 6. The van der Waals surface area contributed by atoms with E-state index in [1.165, 1.54) is 32.0 Å². The quantitative estimate of drug-likeness (QED) is 0.306. The molecule has 33 heavy (non-hydrogen) atoms. The van der Waals surface area contributed by atoms with Crippen LogP contribution in [0.5, 0.6) is 0 Å². The maximum atomic E-state index is 13.0. The third-order valence-corrected chi connectivity index (χ3v) is 10.1.